The number of aromatic nitrogens is 2. The van der Waals surface area contributed by atoms with Crippen LogP contribution in [0.3, 0.4) is 0 Å². The summed E-state index contributed by atoms with van der Waals surface area (Å²) in [6, 6.07) is -0.380. The van der Waals surface area contributed by atoms with Crippen LogP contribution in [0.15, 0.2) is 18.5 Å². The Hall–Kier alpha value is -2.44. The lowest BCUT2D eigenvalue weighted by Crippen LogP contribution is -2.41. The molecule has 2 rings (SSSR count). The maximum Gasteiger partial charge on any atom is 0.330 e. The van der Waals surface area contributed by atoms with E-state index >= 15 is 0 Å². The van der Waals surface area contributed by atoms with Gasteiger partial charge in [-0.3, -0.25) is 9.78 Å². The van der Waals surface area contributed by atoms with Crippen LogP contribution in [0.2, 0.25) is 0 Å². The number of carbonyl (C=O) groups excluding carboxylic acids is 2. The van der Waals surface area contributed by atoms with Crippen molar-refractivity contribution in [1.82, 2.24) is 14.9 Å². The summed E-state index contributed by atoms with van der Waals surface area (Å²) < 4.78 is 4.52. The Morgan fingerprint density at radius 2 is 2.04 bits per heavy atom. The standard InChI is InChI=1S/C19H28N4O3/c1-14(19(25)23(2)13-15-7-5-4-6-8-15)22-17-12-20-16(11-21-17)9-10-18(24)26-3/h9-12,14-15H,4-8,13H2,1-3H3,(H,21,22)/t14-/m1/s1. The van der Waals surface area contributed by atoms with Crippen molar-refractivity contribution < 1.29 is 14.3 Å². The summed E-state index contributed by atoms with van der Waals surface area (Å²) >= 11 is 0. The molecule has 1 heterocycles. The van der Waals surface area contributed by atoms with Gasteiger partial charge >= 0.3 is 5.97 Å². The van der Waals surface area contributed by atoms with Crippen LogP contribution in [0, 0.1) is 5.92 Å². The van der Waals surface area contributed by atoms with Crippen LogP contribution >= 0.6 is 0 Å². The van der Waals surface area contributed by atoms with Crippen LogP contribution in [0.1, 0.15) is 44.7 Å². The van der Waals surface area contributed by atoms with Crippen LogP contribution in [0.4, 0.5) is 5.82 Å². The maximum absolute atomic E-state index is 12.6. The molecule has 0 saturated heterocycles. The number of methoxy groups -OCH3 is 1. The summed E-state index contributed by atoms with van der Waals surface area (Å²) in [7, 11) is 3.18. The fourth-order valence-corrected chi connectivity index (χ4v) is 3.18. The highest BCUT2D eigenvalue weighted by Crippen LogP contribution is 2.24. The number of likely N-dealkylation sites (N-methyl/N-ethyl adjacent to an activating group) is 1. The summed E-state index contributed by atoms with van der Waals surface area (Å²) in [6.45, 7) is 2.64. The minimum atomic E-state index is -0.450. The highest BCUT2D eigenvalue weighted by Gasteiger charge is 2.22. The van der Waals surface area contributed by atoms with Gasteiger partial charge in [-0.1, -0.05) is 19.3 Å². The number of esters is 1. The molecule has 0 bridgehead atoms. The van der Waals surface area contributed by atoms with E-state index in [0.29, 0.717) is 17.4 Å². The second-order valence-corrected chi connectivity index (χ2v) is 6.77. The Labute approximate surface area is 154 Å². The number of hydrogen-bond acceptors (Lipinski definition) is 6. The third kappa shape index (κ3) is 6.13. The smallest absolute Gasteiger partial charge is 0.330 e. The number of anilines is 1. The second kappa shape index (κ2) is 9.89. The molecule has 1 fully saturated rings. The van der Waals surface area contributed by atoms with Crippen molar-refractivity contribution >= 4 is 23.8 Å². The lowest BCUT2D eigenvalue weighted by Gasteiger charge is -2.29. The fraction of sp³-hybridized carbons (Fsp3) is 0.579. The van der Waals surface area contributed by atoms with Gasteiger partial charge in [0.15, 0.2) is 0 Å². The van der Waals surface area contributed by atoms with Crippen LogP contribution in [0.5, 0.6) is 0 Å². The number of amides is 1. The summed E-state index contributed by atoms with van der Waals surface area (Å²) in [6.07, 6.45) is 12.2. The summed E-state index contributed by atoms with van der Waals surface area (Å²) in [5.74, 6) is 0.735. The van der Waals surface area contributed by atoms with Crippen LogP contribution in [-0.2, 0) is 14.3 Å². The van der Waals surface area contributed by atoms with Gasteiger partial charge in [0.25, 0.3) is 0 Å². The molecule has 26 heavy (non-hydrogen) atoms. The van der Waals surface area contributed by atoms with E-state index in [2.05, 4.69) is 20.0 Å². The molecule has 0 aromatic carbocycles. The molecule has 1 aliphatic rings. The predicted octanol–water partition coefficient (Wildman–Crippen LogP) is 2.50. The minimum Gasteiger partial charge on any atom is -0.466 e. The molecule has 1 atom stereocenters. The van der Waals surface area contributed by atoms with E-state index in [1.807, 2.05) is 18.9 Å². The number of nitrogens with one attached hydrogen (secondary N) is 1. The zero-order valence-corrected chi connectivity index (χ0v) is 15.8. The van der Waals surface area contributed by atoms with E-state index < -0.39 is 5.97 Å². The van der Waals surface area contributed by atoms with Crippen molar-refractivity contribution in [3.8, 4) is 0 Å². The fourth-order valence-electron chi connectivity index (χ4n) is 3.18. The van der Waals surface area contributed by atoms with Gasteiger partial charge in [-0.25, -0.2) is 9.78 Å². The molecule has 142 valence electrons. The third-order valence-electron chi connectivity index (χ3n) is 4.63. The number of rotatable bonds is 7. The van der Waals surface area contributed by atoms with Crippen LogP contribution in [-0.4, -0.2) is 53.5 Å². The second-order valence-electron chi connectivity index (χ2n) is 6.77. The molecule has 0 unspecified atom stereocenters. The van der Waals surface area contributed by atoms with Crippen molar-refractivity contribution in [2.75, 3.05) is 26.0 Å². The van der Waals surface area contributed by atoms with Gasteiger partial charge in [-0.15, -0.1) is 0 Å². The first-order valence-electron chi connectivity index (χ1n) is 9.09. The van der Waals surface area contributed by atoms with E-state index in [1.54, 1.807) is 6.20 Å². The largest absolute Gasteiger partial charge is 0.466 e. The highest BCUT2D eigenvalue weighted by atomic mass is 16.5. The number of carbonyl (C=O) groups is 2. The SMILES string of the molecule is COC(=O)C=Cc1cnc(N[C@H](C)C(=O)N(C)CC2CCCCC2)cn1. The molecule has 0 radical (unpaired) electrons. The van der Waals surface area contributed by atoms with Crippen molar-refractivity contribution in [3.05, 3.63) is 24.2 Å². The molecule has 1 aliphatic carbocycles. The van der Waals surface area contributed by atoms with Crippen LogP contribution in [0.25, 0.3) is 6.08 Å². The van der Waals surface area contributed by atoms with E-state index in [-0.39, 0.29) is 11.9 Å². The van der Waals surface area contributed by atoms with Gasteiger partial charge < -0.3 is 15.0 Å². The van der Waals surface area contributed by atoms with Crippen molar-refractivity contribution in [3.63, 3.8) is 0 Å². The maximum atomic E-state index is 12.6. The summed E-state index contributed by atoms with van der Waals surface area (Å²) in [5, 5.41) is 3.08. The average Bonchev–Trinajstić information content (AvgIpc) is 2.67. The van der Waals surface area contributed by atoms with Gasteiger partial charge in [-0.2, -0.15) is 0 Å². The van der Waals surface area contributed by atoms with E-state index in [1.165, 1.54) is 57.6 Å². The van der Waals surface area contributed by atoms with Gasteiger partial charge in [-0.05, 0) is 31.8 Å². The van der Waals surface area contributed by atoms with E-state index in [9.17, 15) is 9.59 Å². The molecule has 7 heteroatoms. The molecule has 7 nitrogen and oxygen atoms in total. The quantitative estimate of drug-likeness (QED) is 0.594. The molecule has 1 aromatic rings. The zero-order chi connectivity index (χ0) is 18.9. The first-order chi connectivity index (χ1) is 12.5. The normalized spacial score (nSPS) is 16.3. The summed E-state index contributed by atoms with van der Waals surface area (Å²) in [4.78, 5) is 33.9. The van der Waals surface area contributed by atoms with E-state index in [4.69, 9.17) is 0 Å². The third-order valence-corrected chi connectivity index (χ3v) is 4.63. The molecule has 1 saturated carbocycles. The highest BCUT2D eigenvalue weighted by molar-refractivity contribution is 5.86. The number of nitrogens with zero attached hydrogens (tertiary/aromatic N) is 3. The van der Waals surface area contributed by atoms with Gasteiger partial charge in [0.1, 0.15) is 11.9 Å². The summed E-state index contributed by atoms with van der Waals surface area (Å²) in [5.41, 5.74) is 0.536. The first kappa shape index (κ1) is 19.9. The average molecular weight is 360 g/mol. The molecule has 1 amide bonds. The number of ether oxygens (including phenoxy) is 1. The zero-order valence-electron chi connectivity index (χ0n) is 15.8. The van der Waals surface area contributed by atoms with Crippen molar-refractivity contribution in [2.24, 2.45) is 5.92 Å². The topological polar surface area (TPSA) is 84.4 Å². The van der Waals surface area contributed by atoms with Gasteiger partial charge in [0.05, 0.1) is 25.2 Å². The molecule has 0 aliphatic heterocycles. The van der Waals surface area contributed by atoms with E-state index in [0.717, 1.165) is 6.54 Å². The van der Waals surface area contributed by atoms with Gasteiger partial charge in [0.2, 0.25) is 5.91 Å². The molecular formula is C19H28N4O3. The minimum absolute atomic E-state index is 0.0482. The molecule has 1 N–H and O–H groups in total. The molecule has 1 aromatic heterocycles. The number of hydrogen-bond donors (Lipinski definition) is 1. The Bertz CT molecular complexity index is 624. The molecule has 0 spiro atoms. The van der Waals surface area contributed by atoms with Gasteiger partial charge in [0, 0.05) is 19.7 Å². The van der Waals surface area contributed by atoms with Crippen molar-refractivity contribution in [2.45, 2.75) is 45.1 Å². The lowest BCUT2D eigenvalue weighted by molar-refractivity contribution is -0.134. The predicted molar refractivity (Wildman–Crippen MR) is 100 cm³/mol. The Morgan fingerprint density at radius 3 is 2.65 bits per heavy atom. The monoisotopic (exact) mass is 360 g/mol. The van der Waals surface area contributed by atoms with Crippen LogP contribution < -0.4 is 5.32 Å². The Balaban J connectivity index is 1.85. The molecular weight excluding hydrogens is 332 g/mol. The first-order valence-corrected chi connectivity index (χ1v) is 9.09. The lowest BCUT2D eigenvalue weighted by atomic mass is 9.89. The Kier molecular flexibility index (Phi) is 7.56. The Morgan fingerprint density at radius 1 is 1.31 bits per heavy atom. The van der Waals surface area contributed by atoms with Crippen molar-refractivity contribution in [1.29, 1.82) is 0 Å².